The normalized spacial score (nSPS) is 22.7. The van der Waals surface area contributed by atoms with Gasteiger partial charge in [-0.2, -0.15) is 0 Å². The zero-order valence-corrected chi connectivity index (χ0v) is 11.9. The highest BCUT2D eigenvalue weighted by molar-refractivity contribution is 7.13. The summed E-state index contributed by atoms with van der Waals surface area (Å²) in [6.07, 6.45) is 4.26. The number of allylic oxidation sites excluding steroid dienone is 2. The van der Waals surface area contributed by atoms with E-state index in [1.165, 1.54) is 15.3 Å². The molecule has 3 rings (SSSR count). The molecule has 2 nitrogen and oxygen atoms in total. The first-order chi connectivity index (χ1) is 8.69. The lowest BCUT2D eigenvalue weighted by molar-refractivity contribution is -0.171. The molecule has 1 saturated carbocycles. The molecular formula is C15H20O2S. The highest BCUT2D eigenvalue weighted by atomic mass is 32.1. The number of thiophene rings is 1. The van der Waals surface area contributed by atoms with Crippen molar-refractivity contribution in [2.75, 3.05) is 13.2 Å². The zero-order chi connectivity index (χ0) is 12.6. The maximum atomic E-state index is 5.78. The maximum Gasteiger partial charge on any atom is 0.169 e. The van der Waals surface area contributed by atoms with E-state index in [0.717, 1.165) is 38.9 Å². The Kier molecular flexibility index (Phi) is 3.31. The molecule has 2 heterocycles. The summed E-state index contributed by atoms with van der Waals surface area (Å²) in [4.78, 5) is 2.81. The van der Waals surface area contributed by atoms with Crippen LogP contribution in [0, 0.1) is 6.92 Å². The Morgan fingerprint density at radius 3 is 2.39 bits per heavy atom. The fourth-order valence-corrected chi connectivity index (χ4v) is 3.82. The molecule has 0 aromatic carbocycles. The van der Waals surface area contributed by atoms with E-state index >= 15 is 0 Å². The smallest absolute Gasteiger partial charge is 0.169 e. The molecule has 1 aliphatic heterocycles. The van der Waals surface area contributed by atoms with E-state index in [9.17, 15) is 0 Å². The van der Waals surface area contributed by atoms with Crippen molar-refractivity contribution in [3.63, 3.8) is 0 Å². The van der Waals surface area contributed by atoms with Gasteiger partial charge in [0.25, 0.3) is 0 Å². The molecule has 18 heavy (non-hydrogen) atoms. The molecule has 1 saturated heterocycles. The van der Waals surface area contributed by atoms with Gasteiger partial charge in [-0.05, 0) is 44.4 Å². The lowest BCUT2D eigenvalue weighted by Gasteiger charge is -2.33. The van der Waals surface area contributed by atoms with Crippen molar-refractivity contribution >= 4 is 16.9 Å². The molecule has 0 bridgehead atoms. The van der Waals surface area contributed by atoms with Crippen LogP contribution in [0.25, 0.3) is 5.57 Å². The standard InChI is InChI=1S/C15H20O2S/c1-11-3-4-14(18-11)12(2)13-5-7-15(8-6-13)16-9-10-17-15/h3-4H,5-10H2,1-2H3. The van der Waals surface area contributed by atoms with E-state index in [1.54, 1.807) is 5.57 Å². The van der Waals surface area contributed by atoms with Crippen molar-refractivity contribution in [1.82, 2.24) is 0 Å². The molecule has 0 radical (unpaired) electrons. The van der Waals surface area contributed by atoms with Crippen molar-refractivity contribution < 1.29 is 9.47 Å². The summed E-state index contributed by atoms with van der Waals surface area (Å²) in [5, 5.41) is 0. The quantitative estimate of drug-likeness (QED) is 0.758. The SMILES string of the molecule is CC(=C1CCC2(CC1)OCCO2)c1ccc(C)s1. The van der Waals surface area contributed by atoms with E-state index in [4.69, 9.17) is 9.47 Å². The van der Waals surface area contributed by atoms with Crippen molar-refractivity contribution in [2.45, 2.75) is 45.3 Å². The Labute approximate surface area is 113 Å². The summed E-state index contributed by atoms with van der Waals surface area (Å²) in [5.74, 6) is -0.241. The zero-order valence-electron chi connectivity index (χ0n) is 11.1. The van der Waals surface area contributed by atoms with Crippen LogP contribution in [-0.2, 0) is 9.47 Å². The number of ether oxygens (including phenoxy) is 2. The van der Waals surface area contributed by atoms with Gasteiger partial charge in [-0.25, -0.2) is 0 Å². The minimum atomic E-state index is -0.241. The molecule has 0 N–H and O–H groups in total. The topological polar surface area (TPSA) is 18.5 Å². The van der Waals surface area contributed by atoms with Crippen LogP contribution < -0.4 is 0 Å². The summed E-state index contributed by atoms with van der Waals surface area (Å²) in [6.45, 7) is 5.96. The highest BCUT2D eigenvalue weighted by Crippen LogP contribution is 2.41. The summed E-state index contributed by atoms with van der Waals surface area (Å²) >= 11 is 1.89. The molecule has 1 aromatic heterocycles. The lowest BCUT2D eigenvalue weighted by Crippen LogP contribution is -2.33. The molecule has 3 heteroatoms. The second kappa shape index (κ2) is 4.80. The number of hydrogen-bond donors (Lipinski definition) is 0. The Balaban J connectivity index is 1.75. The molecule has 98 valence electrons. The minimum Gasteiger partial charge on any atom is -0.348 e. The largest absolute Gasteiger partial charge is 0.348 e. The van der Waals surface area contributed by atoms with Gasteiger partial charge >= 0.3 is 0 Å². The van der Waals surface area contributed by atoms with Crippen LogP contribution in [0.3, 0.4) is 0 Å². The van der Waals surface area contributed by atoms with Gasteiger partial charge in [-0.1, -0.05) is 5.57 Å². The van der Waals surface area contributed by atoms with E-state index < -0.39 is 0 Å². The molecule has 1 spiro atoms. The average Bonchev–Trinajstić information content (AvgIpc) is 3.00. The number of hydrogen-bond acceptors (Lipinski definition) is 3. The predicted molar refractivity (Wildman–Crippen MR) is 74.8 cm³/mol. The van der Waals surface area contributed by atoms with Crippen molar-refractivity contribution in [3.05, 3.63) is 27.5 Å². The lowest BCUT2D eigenvalue weighted by atomic mass is 9.87. The van der Waals surface area contributed by atoms with Gasteiger partial charge in [-0.15, -0.1) is 11.3 Å². The third-order valence-electron chi connectivity index (χ3n) is 4.07. The molecule has 0 unspecified atom stereocenters. The van der Waals surface area contributed by atoms with Gasteiger partial charge < -0.3 is 9.47 Å². The Morgan fingerprint density at radius 2 is 1.83 bits per heavy atom. The molecule has 0 atom stereocenters. The van der Waals surface area contributed by atoms with Crippen LogP contribution in [0.1, 0.15) is 42.4 Å². The Morgan fingerprint density at radius 1 is 1.17 bits per heavy atom. The van der Waals surface area contributed by atoms with E-state index in [-0.39, 0.29) is 5.79 Å². The van der Waals surface area contributed by atoms with Crippen molar-refractivity contribution in [1.29, 1.82) is 0 Å². The van der Waals surface area contributed by atoms with E-state index in [1.807, 2.05) is 11.3 Å². The summed E-state index contributed by atoms with van der Waals surface area (Å²) < 4.78 is 11.6. The molecule has 2 aliphatic rings. The average molecular weight is 264 g/mol. The second-order valence-corrected chi connectivity index (χ2v) is 6.53. The fraction of sp³-hybridized carbons (Fsp3) is 0.600. The third kappa shape index (κ3) is 2.27. The molecule has 1 aromatic rings. The second-order valence-electron chi connectivity index (χ2n) is 5.25. The van der Waals surface area contributed by atoms with Crippen molar-refractivity contribution in [3.8, 4) is 0 Å². The first-order valence-electron chi connectivity index (χ1n) is 6.72. The summed E-state index contributed by atoms with van der Waals surface area (Å²) in [5.41, 5.74) is 3.06. The van der Waals surface area contributed by atoms with Gasteiger partial charge in [-0.3, -0.25) is 0 Å². The Hall–Kier alpha value is -0.640. The van der Waals surface area contributed by atoms with Crippen molar-refractivity contribution in [2.24, 2.45) is 0 Å². The minimum absolute atomic E-state index is 0.241. The van der Waals surface area contributed by atoms with Gasteiger partial charge in [0.05, 0.1) is 13.2 Å². The van der Waals surface area contributed by atoms with Crippen LogP contribution in [0.5, 0.6) is 0 Å². The van der Waals surface area contributed by atoms with Crippen LogP contribution >= 0.6 is 11.3 Å². The third-order valence-corrected chi connectivity index (χ3v) is 5.19. The highest BCUT2D eigenvalue weighted by Gasteiger charge is 2.39. The monoisotopic (exact) mass is 264 g/mol. The number of rotatable bonds is 1. The van der Waals surface area contributed by atoms with Crippen LogP contribution in [0.2, 0.25) is 0 Å². The van der Waals surface area contributed by atoms with Gasteiger partial charge in [0.1, 0.15) is 0 Å². The molecule has 2 fully saturated rings. The first kappa shape index (κ1) is 12.4. The molecule has 1 aliphatic carbocycles. The number of aryl methyl sites for hydroxylation is 1. The summed E-state index contributed by atoms with van der Waals surface area (Å²) in [6, 6.07) is 4.45. The van der Waals surface area contributed by atoms with Gasteiger partial charge in [0, 0.05) is 22.6 Å². The fourth-order valence-electron chi connectivity index (χ4n) is 2.90. The van der Waals surface area contributed by atoms with E-state index in [0.29, 0.717) is 0 Å². The Bertz CT molecular complexity index is 455. The maximum absolute atomic E-state index is 5.78. The van der Waals surface area contributed by atoms with Crippen LogP contribution in [0.4, 0.5) is 0 Å². The van der Waals surface area contributed by atoms with Crippen LogP contribution in [0.15, 0.2) is 17.7 Å². The predicted octanol–water partition coefficient (Wildman–Crippen LogP) is 4.15. The van der Waals surface area contributed by atoms with E-state index in [2.05, 4.69) is 26.0 Å². The summed E-state index contributed by atoms with van der Waals surface area (Å²) in [7, 11) is 0. The molecular weight excluding hydrogens is 244 g/mol. The van der Waals surface area contributed by atoms with Crippen LogP contribution in [-0.4, -0.2) is 19.0 Å². The van der Waals surface area contributed by atoms with Gasteiger partial charge in [0.15, 0.2) is 5.79 Å². The first-order valence-corrected chi connectivity index (χ1v) is 7.54. The molecule has 0 amide bonds. The van der Waals surface area contributed by atoms with Gasteiger partial charge in [0.2, 0.25) is 0 Å².